The van der Waals surface area contributed by atoms with E-state index in [2.05, 4.69) is 35.5 Å². The normalized spacial score (nSPS) is 13.9. The summed E-state index contributed by atoms with van der Waals surface area (Å²) in [4.78, 5) is 4.55. The smallest absolute Gasteiger partial charge is 0.0901 e. The second-order valence-electron chi connectivity index (χ2n) is 4.44. The van der Waals surface area contributed by atoms with Gasteiger partial charge in [-0.25, -0.2) is 4.98 Å². The van der Waals surface area contributed by atoms with E-state index in [0.29, 0.717) is 0 Å². The van der Waals surface area contributed by atoms with E-state index in [4.69, 9.17) is 0 Å². The van der Waals surface area contributed by atoms with Crippen LogP contribution in [0.1, 0.15) is 29.0 Å². The largest absolute Gasteiger partial charge is 0.242 e. The van der Waals surface area contributed by atoms with Crippen molar-refractivity contribution in [2.75, 3.05) is 0 Å². The molecular weight excluding hydrogens is 294 g/mol. The van der Waals surface area contributed by atoms with E-state index in [9.17, 15) is 0 Å². The highest BCUT2D eigenvalue weighted by molar-refractivity contribution is 8.93. The monoisotopic (exact) mass is 309 g/mol. The SMILES string of the molecule is Br.Cc1nc(-c2ccc3c(c2)CCCC3)cs1. The van der Waals surface area contributed by atoms with Gasteiger partial charge in [-0.15, -0.1) is 28.3 Å². The number of hydrogen-bond acceptors (Lipinski definition) is 2. The number of thiazole rings is 1. The predicted molar refractivity (Wildman–Crippen MR) is 79.3 cm³/mol. The minimum atomic E-state index is 0. The molecule has 3 heteroatoms. The number of aryl methyl sites for hydroxylation is 3. The summed E-state index contributed by atoms with van der Waals surface area (Å²) in [6.45, 7) is 2.06. The number of rotatable bonds is 1. The van der Waals surface area contributed by atoms with Crippen LogP contribution in [0.15, 0.2) is 23.6 Å². The summed E-state index contributed by atoms with van der Waals surface area (Å²) in [5, 5.41) is 3.30. The molecule has 1 aliphatic rings. The van der Waals surface area contributed by atoms with E-state index in [1.807, 2.05) is 0 Å². The van der Waals surface area contributed by atoms with Gasteiger partial charge in [-0.1, -0.05) is 12.1 Å². The molecule has 0 bridgehead atoms. The molecule has 0 saturated carbocycles. The van der Waals surface area contributed by atoms with Gasteiger partial charge in [-0.3, -0.25) is 0 Å². The third-order valence-electron chi connectivity index (χ3n) is 3.26. The molecule has 2 aromatic rings. The molecule has 1 aliphatic carbocycles. The van der Waals surface area contributed by atoms with Crippen molar-refractivity contribution < 1.29 is 0 Å². The lowest BCUT2D eigenvalue weighted by atomic mass is 9.90. The van der Waals surface area contributed by atoms with Crippen molar-refractivity contribution in [2.45, 2.75) is 32.6 Å². The molecule has 1 aromatic heterocycles. The Kier molecular flexibility index (Phi) is 4.00. The standard InChI is InChI=1S/C14H15NS.BrH/c1-10-15-14(9-16-10)13-7-6-11-4-2-3-5-12(11)8-13;/h6-9H,2-5H2,1H3;1H. The topological polar surface area (TPSA) is 12.9 Å². The number of aromatic nitrogens is 1. The summed E-state index contributed by atoms with van der Waals surface area (Å²) in [6, 6.07) is 6.85. The number of fused-ring (bicyclic) bond motifs is 1. The highest BCUT2D eigenvalue weighted by Crippen LogP contribution is 2.27. The molecule has 90 valence electrons. The van der Waals surface area contributed by atoms with Crippen molar-refractivity contribution in [1.82, 2.24) is 4.98 Å². The van der Waals surface area contributed by atoms with Crippen molar-refractivity contribution in [2.24, 2.45) is 0 Å². The number of nitrogens with zero attached hydrogens (tertiary/aromatic N) is 1. The first-order valence-electron chi connectivity index (χ1n) is 5.87. The first-order chi connectivity index (χ1) is 7.83. The molecule has 0 atom stereocenters. The molecule has 0 saturated heterocycles. The van der Waals surface area contributed by atoms with E-state index in [-0.39, 0.29) is 17.0 Å². The Morgan fingerprint density at radius 2 is 1.88 bits per heavy atom. The minimum Gasteiger partial charge on any atom is -0.242 e. The fourth-order valence-corrected chi connectivity index (χ4v) is 3.01. The zero-order valence-electron chi connectivity index (χ0n) is 9.90. The zero-order valence-corrected chi connectivity index (χ0v) is 12.4. The van der Waals surface area contributed by atoms with Crippen LogP contribution in [-0.2, 0) is 12.8 Å². The van der Waals surface area contributed by atoms with E-state index < -0.39 is 0 Å². The summed E-state index contributed by atoms with van der Waals surface area (Å²) in [6.07, 6.45) is 5.19. The Morgan fingerprint density at radius 3 is 2.59 bits per heavy atom. The maximum atomic E-state index is 4.55. The molecule has 1 nitrogen and oxygen atoms in total. The van der Waals surface area contributed by atoms with Gasteiger partial charge >= 0.3 is 0 Å². The summed E-state index contributed by atoms with van der Waals surface area (Å²) < 4.78 is 0. The molecular formula is C14H16BrNS. The van der Waals surface area contributed by atoms with Crippen molar-refractivity contribution in [3.63, 3.8) is 0 Å². The van der Waals surface area contributed by atoms with Gasteiger partial charge in [-0.2, -0.15) is 0 Å². The molecule has 1 aromatic carbocycles. The van der Waals surface area contributed by atoms with Crippen LogP contribution >= 0.6 is 28.3 Å². The lowest BCUT2D eigenvalue weighted by Crippen LogP contribution is -2.02. The molecule has 0 unspecified atom stereocenters. The van der Waals surface area contributed by atoms with Crippen LogP contribution in [-0.4, -0.2) is 4.98 Å². The third-order valence-corrected chi connectivity index (χ3v) is 4.04. The van der Waals surface area contributed by atoms with Crippen LogP contribution in [0.4, 0.5) is 0 Å². The average Bonchev–Trinajstić information content (AvgIpc) is 2.75. The second-order valence-corrected chi connectivity index (χ2v) is 5.50. The Hall–Kier alpha value is -0.670. The second kappa shape index (κ2) is 5.32. The van der Waals surface area contributed by atoms with Gasteiger partial charge in [-0.05, 0) is 49.8 Å². The van der Waals surface area contributed by atoms with E-state index in [0.717, 1.165) is 10.7 Å². The van der Waals surface area contributed by atoms with E-state index in [1.165, 1.54) is 36.8 Å². The van der Waals surface area contributed by atoms with Crippen molar-refractivity contribution in [3.8, 4) is 11.3 Å². The first kappa shape index (κ1) is 12.8. The molecule has 0 fully saturated rings. The van der Waals surface area contributed by atoms with Crippen LogP contribution in [0.3, 0.4) is 0 Å². The van der Waals surface area contributed by atoms with E-state index in [1.54, 1.807) is 16.9 Å². The molecule has 0 radical (unpaired) electrons. The average molecular weight is 310 g/mol. The highest BCUT2D eigenvalue weighted by Gasteiger charge is 2.10. The molecule has 0 amide bonds. The Bertz CT molecular complexity index is 519. The minimum absolute atomic E-state index is 0. The highest BCUT2D eigenvalue weighted by atomic mass is 79.9. The maximum absolute atomic E-state index is 4.55. The summed E-state index contributed by atoms with van der Waals surface area (Å²) in [5.74, 6) is 0. The fourth-order valence-electron chi connectivity index (χ4n) is 2.39. The molecule has 1 heterocycles. The summed E-state index contributed by atoms with van der Waals surface area (Å²) in [7, 11) is 0. The summed E-state index contributed by atoms with van der Waals surface area (Å²) in [5.41, 5.74) is 5.50. The maximum Gasteiger partial charge on any atom is 0.0901 e. The number of hydrogen-bond donors (Lipinski definition) is 0. The van der Waals surface area contributed by atoms with Gasteiger partial charge in [0.15, 0.2) is 0 Å². The summed E-state index contributed by atoms with van der Waals surface area (Å²) >= 11 is 1.73. The van der Waals surface area contributed by atoms with E-state index >= 15 is 0 Å². The molecule has 0 spiro atoms. The first-order valence-corrected chi connectivity index (χ1v) is 6.75. The lowest BCUT2D eigenvalue weighted by Gasteiger charge is -2.15. The van der Waals surface area contributed by atoms with Gasteiger partial charge in [0.1, 0.15) is 0 Å². The molecule has 0 aliphatic heterocycles. The van der Waals surface area contributed by atoms with Gasteiger partial charge in [0.25, 0.3) is 0 Å². The van der Waals surface area contributed by atoms with Crippen LogP contribution in [0.25, 0.3) is 11.3 Å². The van der Waals surface area contributed by atoms with Crippen LogP contribution in [0, 0.1) is 6.92 Å². The molecule has 3 rings (SSSR count). The third kappa shape index (κ3) is 2.61. The molecule has 0 N–H and O–H groups in total. The Morgan fingerprint density at radius 1 is 1.12 bits per heavy atom. The van der Waals surface area contributed by atoms with Crippen molar-refractivity contribution >= 4 is 28.3 Å². The quantitative estimate of drug-likeness (QED) is 0.751. The molecule has 17 heavy (non-hydrogen) atoms. The van der Waals surface area contributed by atoms with Gasteiger partial charge in [0.2, 0.25) is 0 Å². The van der Waals surface area contributed by atoms with Crippen molar-refractivity contribution in [1.29, 1.82) is 0 Å². The Balaban J connectivity index is 0.00000108. The fraction of sp³-hybridized carbons (Fsp3) is 0.357. The van der Waals surface area contributed by atoms with Crippen LogP contribution in [0.5, 0.6) is 0 Å². The zero-order chi connectivity index (χ0) is 11.0. The Labute approximate surface area is 117 Å². The van der Waals surface area contributed by atoms with Gasteiger partial charge in [0.05, 0.1) is 10.7 Å². The number of benzene rings is 1. The van der Waals surface area contributed by atoms with Crippen molar-refractivity contribution in [3.05, 3.63) is 39.7 Å². The van der Waals surface area contributed by atoms with Crippen LogP contribution in [0.2, 0.25) is 0 Å². The van der Waals surface area contributed by atoms with Gasteiger partial charge < -0.3 is 0 Å². The predicted octanol–water partition coefficient (Wildman–Crippen LogP) is 4.58. The number of halogens is 1. The van der Waals surface area contributed by atoms with Gasteiger partial charge in [0, 0.05) is 10.9 Å². The van der Waals surface area contributed by atoms with Crippen LogP contribution < -0.4 is 0 Å². The lowest BCUT2D eigenvalue weighted by molar-refractivity contribution is 0.686.